The summed E-state index contributed by atoms with van der Waals surface area (Å²) >= 11 is 0. The lowest BCUT2D eigenvalue weighted by molar-refractivity contribution is 0.0690. The summed E-state index contributed by atoms with van der Waals surface area (Å²) in [4.78, 5) is 27.2. The largest absolute Gasteiger partial charge is 0.477 e. The van der Waals surface area contributed by atoms with Crippen LogP contribution in [0.4, 0.5) is 0 Å². The number of nitrogens with one attached hydrogen (secondary N) is 1. The van der Waals surface area contributed by atoms with E-state index >= 15 is 0 Å². The summed E-state index contributed by atoms with van der Waals surface area (Å²) in [7, 11) is 0. The third-order valence-corrected chi connectivity index (χ3v) is 4.33. The predicted molar refractivity (Wildman–Crippen MR) is 85.5 cm³/mol. The Bertz CT molecular complexity index is 783. The summed E-state index contributed by atoms with van der Waals surface area (Å²) in [5, 5.41) is 12.0. The van der Waals surface area contributed by atoms with Crippen molar-refractivity contribution in [2.75, 3.05) is 0 Å². The molecule has 2 N–H and O–H groups in total. The summed E-state index contributed by atoms with van der Waals surface area (Å²) in [6.45, 7) is 4.32. The Kier molecular flexibility index (Phi) is 3.64. The number of aromatic carboxylic acids is 1. The highest BCUT2D eigenvalue weighted by Gasteiger charge is 2.37. The molecule has 0 saturated heterocycles. The molecule has 0 spiro atoms. The van der Waals surface area contributed by atoms with Crippen LogP contribution in [0.5, 0.6) is 0 Å². The molecule has 0 aliphatic heterocycles. The van der Waals surface area contributed by atoms with Crippen LogP contribution in [0.1, 0.15) is 58.3 Å². The molecule has 1 aliphatic carbocycles. The van der Waals surface area contributed by atoms with E-state index in [0.717, 1.165) is 12.0 Å². The maximum atomic E-state index is 12.5. The SMILES string of the molecule is CC1(C)CC(NC(=O)c2ccnc(C(=O)O)c2)c2ccccc21. The van der Waals surface area contributed by atoms with Gasteiger partial charge in [-0.05, 0) is 35.1 Å². The van der Waals surface area contributed by atoms with Crippen LogP contribution < -0.4 is 5.32 Å². The molecule has 1 aromatic heterocycles. The molecule has 0 radical (unpaired) electrons. The number of benzene rings is 1. The van der Waals surface area contributed by atoms with Gasteiger partial charge in [0, 0.05) is 11.8 Å². The molecule has 1 heterocycles. The van der Waals surface area contributed by atoms with Gasteiger partial charge < -0.3 is 10.4 Å². The van der Waals surface area contributed by atoms with Gasteiger partial charge in [0.05, 0.1) is 6.04 Å². The summed E-state index contributed by atoms with van der Waals surface area (Å²) < 4.78 is 0. The Morgan fingerprint density at radius 1 is 1.26 bits per heavy atom. The summed E-state index contributed by atoms with van der Waals surface area (Å²) in [6.07, 6.45) is 2.15. The first-order chi connectivity index (χ1) is 10.9. The minimum atomic E-state index is -1.15. The van der Waals surface area contributed by atoms with Crippen LogP contribution in [-0.4, -0.2) is 22.0 Å². The van der Waals surface area contributed by atoms with E-state index in [0.29, 0.717) is 5.56 Å². The number of carboxylic acid groups (broad SMARTS) is 1. The average molecular weight is 310 g/mol. The number of aromatic nitrogens is 1. The molecule has 1 aromatic carbocycles. The summed E-state index contributed by atoms with van der Waals surface area (Å²) in [6, 6.07) is 10.8. The fourth-order valence-corrected chi connectivity index (χ4v) is 3.21. The fourth-order valence-electron chi connectivity index (χ4n) is 3.21. The molecule has 23 heavy (non-hydrogen) atoms. The second-order valence-electron chi connectivity index (χ2n) is 6.44. The number of pyridine rings is 1. The van der Waals surface area contributed by atoms with Crippen molar-refractivity contribution >= 4 is 11.9 Å². The minimum Gasteiger partial charge on any atom is -0.477 e. The highest BCUT2D eigenvalue weighted by Crippen LogP contribution is 2.44. The summed E-state index contributed by atoms with van der Waals surface area (Å²) in [5.41, 5.74) is 2.54. The maximum Gasteiger partial charge on any atom is 0.354 e. The van der Waals surface area contributed by atoms with E-state index in [4.69, 9.17) is 5.11 Å². The van der Waals surface area contributed by atoms with Gasteiger partial charge in [0.2, 0.25) is 0 Å². The van der Waals surface area contributed by atoms with Crippen molar-refractivity contribution in [2.45, 2.75) is 31.7 Å². The second kappa shape index (κ2) is 5.50. The van der Waals surface area contributed by atoms with Crippen molar-refractivity contribution in [1.82, 2.24) is 10.3 Å². The highest BCUT2D eigenvalue weighted by atomic mass is 16.4. The normalized spacial score (nSPS) is 18.3. The molecule has 1 aliphatic rings. The Balaban J connectivity index is 1.85. The number of fused-ring (bicyclic) bond motifs is 1. The number of carbonyl (C=O) groups is 2. The molecule has 0 saturated carbocycles. The number of carboxylic acids is 1. The fraction of sp³-hybridized carbons (Fsp3) is 0.278. The van der Waals surface area contributed by atoms with Gasteiger partial charge in [-0.15, -0.1) is 0 Å². The third-order valence-electron chi connectivity index (χ3n) is 4.33. The van der Waals surface area contributed by atoms with Gasteiger partial charge in [0.1, 0.15) is 5.69 Å². The monoisotopic (exact) mass is 310 g/mol. The number of amides is 1. The molecule has 0 fully saturated rings. The molecule has 0 bridgehead atoms. The van der Waals surface area contributed by atoms with Crippen LogP contribution in [0, 0.1) is 0 Å². The Hall–Kier alpha value is -2.69. The van der Waals surface area contributed by atoms with Crippen molar-refractivity contribution < 1.29 is 14.7 Å². The average Bonchev–Trinajstić information content (AvgIpc) is 2.79. The maximum absolute atomic E-state index is 12.5. The van der Waals surface area contributed by atoms with Gasteiger partial charge in [-0.25, -0.2) is 9.78 Å². The lowest BCUT2D eigenvalue weighted by Gasteiger charge is -2.19. The van der Waals surface area contributed by atoms with Crippen LogP contribution >= 0.6 is 0 Å². The number of rotatable bonds is 3. The Morgan fingerprint density at radius 2 is 2.00 bits per heavy atom. The zero-order chi connectivity index (χ0) is 16.6. The topological polar surface area (TPSA) is 79.3 Å². The van der Waals surface area contributed by atoms with Crippen LogP contribution in [0.3, 0.4) is 0 Å². The molecule has 2 aromatic rings. The molecule has 5 nitrogen and oxygen atoms in total. The quantitative estimate of drug-likeness (QED) is 0.913. The lowest BCUT2D eigenvalue weighted by Crippen LogP contribution is -2.28. The molecule has 3 rings (SSSR count). The first-order valence-corrected chi connectivity index (χ1v) is 7.48. The van der Waals surface area contributed by atoms with Crippen molar-refractivity contribution in [2.24, 2.45) is 0 Å². The predicted octanol–water partition coefficient (Wildman–Crippen LogP) is 2.93. The van der Waals surface area contributed by atoms with Crippen LogP contribution in [0.2, 0.25) is 0 Å². The van der Waals surface area contributed by atoms with Gasteiger partial charge in [-0.3, -0.25) is 4.79 Å². The van der Waals surface area contributed by atoms with Gasteiger partial charge in [0.15, 0.2) is 0 Å². The zero-order valence-corrected chi connectivity index (χ0v) is 13.0. The van der Waals surface area contributed by atoms with E-state index in [1.165, 1.54) is 23.9 Å². The lowest BCUT2D eigenvalue weighted by atomic mass is 9.86. The van der Waals surface area contributed by atoms with Gasteiger partial charge in [0.25, 0.3) is 5.91 Å². The van der Waals surface area contributed by atoms with Crippen molar-refractivity contribution in [3.63, 3.8) is 0 Å². The standard InChI is InChI=1S/C18H18N2O3/c1-18(2)10-15(12-5-3-4-6-13(12)18)20-16(21)11-7-8-19-14(9-11)17(22)23/h3-9,15H,10H2,1-2H3,(H,20,21)(H,22,23). The van der Waals surface area contributed by atoms with Gasteiger partial charge in [-0.1, -0.05) is 38.1 Å². The molecule has 5 heteroatoms. The zero-order valence-electron chi connectivity index (χ0n) is 13.0. The summed E-state index contributed by atoms with van der Waals surface area (Å²) in [5.74, 6) is -1.43. The van der Waals surface area contributed by atoms with Crippen LogP contribution in [0.15, 0.2) is 42.6 Å². The first kappa shape index (κ1) is 15.2. The number of hydrogen-bond acceptors (Lipinski definition) is 3. The van der Waals surface area contributed by atoms with Crippen molar-refractivity contribution in [1.29, 1.82) is 0 Å². The van der Waals surface area contributed by atoms with E-state index in [9.17, 15) is 9.59 Å². The van der Waals surface area contributed by atoms with Gasteiger partial charge in [-0.2, -0.15) is 0 Å². The van der Waals surface area contributed by atoms with E-state index in [1.807, 2.05) is 18.2 Å². The number of hydrogen-bond donors (Lipinski definition) is 2. The van der Waals surface area contributed by atoms with E-state index < -0.39 is 5.97 Å². The molecule has 118 valence electrons. The van der Waals surface area contributed by atoms with Gasteiger partial charge >= 0.3 is 5.97 Å². The Labute approximate surface area is 134 Å². The van der Waals surface area contributed by atoms with E-state index in [-0.39, 0.29) is 23.1 Å². The number of carbonyl (C=O) groups excluding carboxylic acids is 1. The minimum absolute atomic E-state index is 0.000984. The smallest absolute Gasteiger partial charge is 0.354 e. The Morgan fingerprint density at radius 3 is 2.74 bits per heavy atom. The molecular weight excluding hydrogens is 292 g/mol. The van der Waals surface area contributed by atoms with Crippen LogP contribution in [-0.2, 0) is 5.41 Å². The molecule has 1 amide bonds. The van der Waals surface area contributed by atoms with Crippen molar-refractivity contribution in [3.8, 4) is 0 Å². The van der Waals surface area contributed by atoms with E-state index in [1.54, 1.807) is 0 Å². The molecule has 1 atom stereocenters. The first-order valence-electron chi connectivity index (χ1n) is 7.48. The highest BCUT2D eigenvalue weighted by molar-refractivity contribution is 5.96. The van der Waals surface area contributed by atoms with Crippen molar-refractivity contribution in [3.05, 3.63) is 65.0 Å². The van der Waals surface area contributed by atoms with Crippen LogP contribution in [0.25, 0.3) is 0 Å². The number of nitrogens with zero attached hydrogens (tertiary/aromatic N) is 1. The third kappa shape index (κ3) is 2.82. The van der Waals surface area contributed by atoms with E-state index in [2.05, 4.69) is 30.2 Å². The molecule has 1 unspecified atom stereocenters. The molecular formula is C18H18N2O3. The second-order valence-corrected chi connectivity index (χ2v) is 6.44.